The minimum absolute atomic E-state index is 0.103. The Morgan fingerprint density at radius 3 is 2.39 bits per heavy atom. The van der Waals surface area contributed by atoms with Crippen molar-refractivity contribution in [2.45, 2.75) is 6.18 Å². The largest absolute Gasteiger partial charge is 0.416 e. The van der Waals surface area contributed by atoms with Gasteiger partial charge in [-0.25, -0.2) is 0 Å². The fourth-order valence-corrected chi connectivity index (χ4v) is 1.26. The number of nitrogens with one attached hydrogen (secondary N) is 2. The number of H-pyrrole nitrogens is 1. The van der Waals surface area contributed by atoms with Crippen LogP contribution in [0.1, 0.15) is 15.9 Å². The Morgan fingerprint density at radius 1 is 1.22 bits per heavy atom. The molecule has 1 aromatic heterocycles. The van der Waals surface area contributed by atoms with Crippen molar-refractivity contribution in [3.63, 3.8) is 0 Å². The average Bonchev–Trinajstić information content (AvgIpc) is 2.81. The summed E-state index contributed by atoms with van der Waals surface area (Å²) in [7, 11) is 0. The van der Waals surface area contributed by atoms with Crippen LogP contribution < -0.4 is 5.32 Å². The first-order valence-corrected chi connectivity index (χ1v) is 4.81. The number of aromatic amines is 1. The highest BCUT2D eigenvalue weighted by Crippen LogP contribution is 2.29. The third kappa shape index (κ3) is 2.65. The number of anilines is 1. The van der Waals surface area contributed by atoms with E-state index in [4.69, 9.17) is 0 Å². The molecule has 0 saturated carbocycles. The SMILES string of the molecule is O=C(Nc1cn[nH]n1)c1ccc(C(F)(F)F)cc1. The predicted molar refractivity (Wildman–Crippen MR) is 55.8 cm³/mol. The summed E-state index contributed by atoms with van der Waals surface area (Å²) < 4.78 is 36.9. The standard InChI is InChI=1S/C10H7F3N4O/c11-10(12,13)7-3-1-6(2-4-7)9(18)15-8-5-14-17-16-8/h1-5H,(H2,14,15,16,17,18). The molecule has 0 aliphatic rings. The molecule has 0 aliphatic carbocycles. The molecule has 0 radical (unpaired) electrons. The van der Waals surface area contributed by atoms with Crippen LogP contribution in [-0.2, 0) is 6.18 Å². The van der Waals surface area contributed by atoms with E-state index in [0.717, 1.165) is 24.3 Å². The zero-order chi connectivity index (χ0) is 13.2. The lowest BCUT2D eigenvalue weighted by atomic mass is 10.1. The molecule has 1 heterocycles. The molecule has 18 heavy (non-hydrogen) atoms. The van der Waals surface area contributed by atoms with Gasteiger partial charge in [-0.1, -0.05) is 0 Å². The van der Waals surface area contributed by atoms with Crippen LogP contribution in [0.3, 0.4) is 0 Å². The zero-order valence-electron chi connectivity index (χ0n) is 8.82. The van der Waals surface area contributed by atoms with Gasteiger partial charge < -0.3 is 5.32 Å². The Bertz CT molecular complexity index is 533. The summed E-state index contributed by atoms with van der Waals surface area (Å²) in [4.78, 5) is 11.6. The van der Waals surface area contributed by atoms with Crippen LogP contribution in [0, 0.1) is 0 Å². The van der Waals surface area contributed by atoms with Gasteiger partial charge in [0.05, 0.1) is 11.8 Å². The monoisotopic (exact) mass is 256 g/mol. The highest BCUT2D eigenvalue weighted by molar-refractivity contribution is 6.03. The van der Waals surface area contributed by atoms with Crippen molar-refractivity contribution in [3.8, 4) is 0 Å². The number of hydrogen-bond acceptors (Lipinski definition) is 3. The molecule has 2 aromatic rings. The molecule has 0 aliphatic heterocycles. The van der Waals surface area contributed by atoms with Crippen LogP contribution in [0.25, 0.3) is 0 Å². The molecule has 0 spiro atoms. The highest BCUT2D eigenvalue weighted by Gasteiger charge is 2.30. The highest BCUT2D eigenvalue weighted by atomic mass is 19.4. The van der Waals surface area contributed by atoms with Gasteiger partial charge in [0.25, 0.3) is 5.91 Å². The number of nitrogens with zero attached hydrogens (tertiary/aromatic N) is 2. The van der Waals surface area contributed by atoms with Gasteiger partial charge in [0.1, 0.15) is 0 Å². The fourth-order valence-electron chi connectivity index (χ4n) is 1.26. The Balaban J connectivity index is 2.12. The number of carbonyl (C=O) groups excluding carboxylic acids is 1. The molecule has 0 bridgehead atoms. The van der Waals surface area contributed by atoms with Crippen LogP contribution in [0.5, 0.6) is 0 Å². The Morgan fingerprint density at radius 2 is 1.89 bits per heavy atom. The second-order valence-electron chi connectivity index (χ2n) is 3.38. The molecule has 0 fully saturated rings. The molecular formula is C10H7F3N4O. The number of amides is 1. The van der Waals surface area contributed by atoms with E-state index < -0.39 is 17.6 Å². The summed E-state index contributed by atoms with van der Waals surface area (Å²) in [5.41, 5.74) is -0.702. The van der Waals surface area contributed by atoms with Crippen molar-refractivity contribution in [3.05, 3.63) is 41.6 Å². The fraction of sp³-hybridized carbons (Fsp3) is 0.100. The molecule has 8 heteroatoms. The van der Waals surface area contributed by atoms with Crippen molar-refractivity contribution in [1.82, 2.24) is 15.4 Å². The van der Waals surface area contributed by atoms with Gasteiger partial charge in [0.15, 0.2) is 5.82 Å². The third-order valence-corrected chi connectivity index (χ3v) is 2.13. The quantitative estimate of drug-likeness (QED) is 0.864. The lowest BCUT2D eigenvalue weighted by Crippen LogP contribution is -2.13. The maximum atomic E-state index is 12.3. The topological polar surface area (TPSA) is 70.7 Å². The molecule has 2 rings (SSSR count). The van der Waals surface area contributed by atoms with Gasteiger partial charge in [-0.2, -0.15) is 23.5 Å². The summed E-state index contributed by atoms with van der Waals surface area (Å²) >= 11 is 0. The number of alkyl halides is 3. The first-order valence-electron chi connectivity index (χ1n) is 4.81. The minimum atomic E-state index is -4.42. The van der Waals surface area contributed by atoms with Crippen LogP contribution in [0.2, 0.25) is 0 Å². The number of carbonyl (C=O) groups is 1. The minimum Gasteiger partial charge on any atom is -0.304 e. The maximum Gasteiger partial charge on any atom is 0.416 e. The Kier molecular flexibility index (Phi) is 3.00. The number of aromatic nitrogens is 3. The van der Waals surface area contributed by atoms with E-state index in [-0.39, 0.29) is 11.4 Å². The smallest absolute Gasteiger partial charge is 0.304 e. The van der Waals surface area contributed by atoms with Crippen LogP contribution in [-0.4, -0.2) is 21.3 Å². The van der Waals surface area contributed by atoms with Crippen LogP contribution >= 0.6 is 0 Å². The number of halogens is 3. The molecule has 94 valence electrons. The lowest BCUT2D eigenvalue weighted by Gasteiger charge is -2.07. The average molecular weight is 256 g/mol. The van der Waals surface area contributed by atoms with Crippen molar-refractivity contribution < 1.29 is 18.0 Å². The third-order valence-electron chi connectivity index (χ3n) is 2.13. The second kappa shape index (κ2) is 4.47. The van der Waals surface area contributed by atoms with Gasteiger partial charge in [-0.05, 0) is 24.3 Å². The molecule has 0 atom stereocenters. The van der Waals surface area contributed by atoms with E-state index in [2.05, 4.69) is 20.7 Å². The summed E-state index contributed by atoms with van der Waals surface area (Å²) in [6, 6.07) is 3.88. The number of hydrogen-bond donors (Lipinski definition) is 2. The van der Waals surface area contributed by atoms with Gasteiger partial charge in [0.2, 0.25) is 0 Å². The van der Waals surface area contributed by atoms with Crippen molar-refractivity contribution >= 4 is 11.7 Å². The Hall–Kier alpha value is -2.38. The number of rotatable bonds is 2. The Labute approximate surface area is 99.0 Å². The van der Waals surface area contributed by atoms with E-state index in [0.29, 0.717) is 0 Å². The maximum absolute atomic E-state index is 12.3. The molecule has 0 saturated heterocycles. The summed E-state index contributed by atoms with van der Waals surface area (Å²) in [6.45, 7) is 0. The van der Waals surface area contributed by atoms with E-state index in [1.807, 2.05) is 0 Å². The molecular weight excluding hydrogens is 249 g/mol. The van der Waals surface area contributed by atoms with Crippen LogP contribution in [0.15, 0.2) is 30.5 Å². The second-order valence-corrected chi connectivity index (χ2v) is 3.38. The van der Waals surface area contributed by atoms with E-state index in [1.54, 1.807) is 0 Å². The summed E-state index contributed by atoms with van der Waals surface area (Å²) in [6.07, 6.45) is -3.14. The van der Waals surface area contributed by atoms with Crippen molar-refractivity contribution in [1.29, 1.82) is 0 Å². The van der Waals surface area contributed by atoms with Gasteiger partial charge >= 0.3 is 6.18 Å². The molecule has 2 N–H and O–H groups in total. The first kappa shape index (κ1) is 12.1. The molecule has 0 unspecified atom stereocenters. The van der Waals surface area contributed by atoms with Gasteiger partial charge in [-0.3, -0.25) is 4.79 Å². The van der Waals surface area contributed by atoms with Gasteiger partial charge in [0, 0.05) is 5.56 Å². The van der Waals surface area contributed by atoms with Crippen molar-refractivity contribution in [2.75, 3.05) is 5.32 Å². The summed E-state index contributed by atoms with van der Waals surface area (Å²) in [5.74, 6) is -0.363. The van der Waals surface area contributed by atoms with E-state index in [9.17, 15) is 18.0 Å². The number of benzene rings is 1. The zero-order valence-corrected chi connectivity index (χ0v) is 8.82. The molecule has 1 amide bonds. The van der Waals surface area contributed by atoms with E-state index >= 15 is 0 Å². The van der Waals surface area contributed by atoms with Crippen molar-refractivity contribution in [2.24, 2.45) is 0 Å². The lowest BCUT2D eigenvalue weighted by molar-refractivity contribution is -0.137. The van der Waals surface area contributed by atoms with Gasteiger partial charge in [-0.15, -0.1) is 5.10 Å². The van der Waals surface area contributed by atoms with Crippen LogP contribution in [0.4, 0.5) is 19.0 Å². The molecule has 5 nitrogen and oxygen atoms in total. The molecule has 1 aromatic carbocycles. The first-order chi connectivity index (χ1) is 8.47. The normalized spacial score (nSPS) is 11.3. The summed E-state index contributed by atoms with van der Waals surface area (Å²) in [5, 5.41) is 11.7. The predicted octanol–water partition coefficient (Wildman–Crippen LogP) is 2.08. The van der Waals surface area contributed by atoms with E-state index in [1.165, 1.54) is 6.20 Å².